The van der Waals surface area contributed by atoms with Crippen LogP contribution in [0.4, 0.5) is 0 Å². The summed E-state index contributed by atoms with van der Waals surface area (Å²) in [5, 5.41) is 2.39. The van der Waals surface area contributed by atoms with Crippen LogP contribution >= 0.6 is 0 Å². The van der Waals surface area contributed by atoms with Crippen LogP contribution in [0.25, 0.3) is 6.08 Å². The van der Waals surface area contributed by atoms with Crippen LogP contribution in [-0.2, 0) is 16.0 Å². The molecule has 0 fully saturated rings. The molecule has 0 unspecified atom stereocenters. The Labute approximate surface area is 129 Å². The van der Waals surface area contributed by atoms with Crippen molar-refractivity contribution in [2.45, 2.75) is 26.4 Å². The van der Waals surface area contributed by atoms with E-state index in [0.29, 0.717) is 12.4 Å². The van der Waals surface area contributed by atoms with E-state index in [0.717, 1.165) is 23.3 Å². The molecule has 1 aliphatic heterocycles. The number of carbonyl (C=O) groups excluding carboxylic acids is 2. The van der Waals surface area contributed by atoms with E-state index in [-0.39, 0.29) is 12.6 Å². The topological polar surface area (TPSA) is 90.6 Å². The highest BCUT2D eigenvalue weighted by Crippen LogP contribution is 2.35. The summed E-state index contributed by atoms with van der Waals surface area (Å²) >= 11 is 0. The molecule has 2 rings (SSSR count). The maximum atomic E-state index is 11.6. The molecule has 0 saturated heterocycles. The van der Waals surface area contributed by atoms with Crippen LogP contribution in [0.2, 0.25) is 0 Å². The lowest BCUT2D eigenvalue weighted by atomic mass is 10.1. The number of primary amides is 1. The molecule has 6 nitrogen and oxygen atoms in total. The van der Waals surface area contributed by atoms with Gasteiger partial charge >= 0.3 is 0 Å². The predicted octanol–water partition coefficient (Wildman–Crippen LogP) is 1.02. The Hall–Kier alpha value is -2.50. The highest BCUT2D eigenvalue weighted by atomic mass is 16.5. The Morgan fingerprint density at radius 3 is 2.95 bits per heavy atom. The molecular weight excluding hydrogens is 284 g/mol. The van der Waals surface area contributed by atoms with Gasteiger partial charge in [-0.05, 0) is 32.1 Å². The summed E-state index contributed by atoms with van der Waals surface area (Å²) in [7, 11) is 0. The maximum Gasteiger partial charge on any atom is 0.244 e. The van der Waals surface area contributed by atoms with Crippen molar-refractivity contribution in [3.63, 3.8) is 0 Å². The van der Waals surface area contributed by atoms with Crippen molar-refractivity contribution < 1.29 is 19.1 Å². The molecule has 2 amide bonds. The molecule has 0 saturated carbocycles. The smallest absolute Gasteiger partial charge is 0.244 e. The van der Waals surface area contributed by atoms with Crippen LogP contribution in [-0.4, -0.2) is 31.1 Å². The van der Waals surface area contributed by atoms with Crippen LogP contribution < -0.4 is 20.5 Å². The molecule has 0 radical (unpaired) electrons. The molecular formula is C16H20N2O4. The number of nitrogens with two attached hydrogens (primary N) is 1. The number of rotatable bonds is 6. The van der Waals surface area contributed by atoms with Crippen LogP contribution in [0.15, 0.2) is 18.2 Å². The minimum atomic E-state index is -0.586. The highest BCUT2D eigenvalue weighted by molar-refractivity contribution is 5.94. The van der Waals surface area contributed by atoms with Gasteiger partial charge in [0.2, 0.25) is 11.8 Å². The van der Waals surface area contributed by atoms with E-state index in [1.807, 2.05) is 26.0 Å². The second-order valence-electron chi connectivity index (χ2n) is 5.08. The second-order valence-corrected chi connectivity index (χ2v) is 5.08. The van der Waals surface area contributed by atoms with Gasteiger partial charge in [-0.1, -0.05) is 0 Å². The highest BCUT2D eigenvalue weighted by Gasteiger charge is 2.21. The average molecular weight is 304 g/mol. The molecule has 3 N–H and O–H groups in total. The standard InChI is InChI=1S/C16H20N2O4/c1-3-21-13-8-12-6-10(2)22-14(12)7-11(13)4-5-16(20)18-9-15(17)19/h4-5,7-8,10H,3,6,9H2,1-2H3,(H2,17,19)(H,18,20)/b5-4+/t10-/m0/s1. The second kappa shape index (κ2) is 6.98. The van der Waals surface area contributed by atoms with Gasteiger partial charge < -0.3 is 20.5 Å². The average Bonchev–Trinajstić information content (AvgIpc) is 2.82. The molecule has 1 aromatic rings. The van der Waals surface area contributed by atoms with Gasteiger partial charge in [0.05, 0.1) is 13.2 Å². The van der Waals surface area contributed by atoms with E-state index in [2.05, 4.69) is 5.32 Å². The lowest BCUT2D eigenvalue weighted by Gasteiger charge is -2.10. The molecule has 118 valence electrons. The first-order valence-corrected chi connectivity index (χ1v) is 7.20. The number of hydrogen-bond donors (Lipinski definition) is 2. The van der Waals surface area contributed by atoms with Gasteiger partial charge in [-0.25, -0.2) is 0 Å². The molecule has 0 aromatic heterocycles. The molecule has 6 heteroatoms. The van der Waals surface area contributed by atoms with E-state index in [9.17, 15) is 9.59 Å². The first kappa shape index (κ1) is 15.9. The van der Waals surface area contributed by atoms with Gasteiger partial charge in [0.1, 0.15) is 17.6 Å². The lowest BCUT2D eigenvalue weighted by molar-refractivity contribution is -0.122. The Bertz CT molecular complexity index is 610. The summed E-state index contributed by atoms with van der Waals surface area (Å²) in [6, 6.07) is 3.81. The summed E-state index contributed by atoms with van der Waals surface area (Å²) < 4.78 is 11.3. The molecule has 0 aliphatic carbocycles. The van der Waals surface area contributed by atoms with Gasteiger partial charge in [0, 0.05) is 23.6 Å². The van der Waals surface area contributed by atoms with Crippen molar-refractivity contribution in [3.05, 3.63) is 29.3 Å². The summed E-state index contributed by atoms with van der Waals surface area (Å²) in [6.07, 6.45) is 3.96. The monoisotopic (exact) mass is 304 g/mol. The van der Waals surface area contributed by atoms with E-state index in [1.165, 1.54) is 6.08 Å². The van der Waals surface area contributed by atoms with Gasteiger partial charge in [0.25, 0.3) is 0 Å². The van der Waals surface area contributed by atoms with E-state index in [1.54, 1.807) is 6.08 Å². The van der Waals surface area contributed by atoms with Gasteiger partial charge in [-0.3, -0.25) is 9.59 Å². The molecule has 1 atom stereocenters. The van der Waals surface area contributed by atoms with Crippen LogP contribution in [0.3, 0.4) is 0 Å². The zero-order chi connectivity index (χ0) is 16.1. The zero-order valence-corrected chi connectivity index (χ0v) is 12.7. The van der Waals surface area contributed by atoms with E-state index < -0.39 is 11.8 Å². The third-order valence-corrected chi connectivity index (χ3v) is 3.18. The van der Waals surface area contributed by atoms with Crippen LogP contribution in [0, 0.1) is 0 Å². The normalized spacial score (nSPS) is 16.2. The largest absolute Gasteiger partial charge is 0.493 e. The third-order valence-electron chi connectivity index (χ3n) is 3.18. The fourth-order valence-electron chi connectivity index (χ4n) is 2.26. The summed E-state index contributed by atoms with van der Waals surface area (Å²) in [4.78, 5) is 22.2. The van der Waals surface area contributed by atoms with E-state index in [4.69, 9.17) is 15.2 Å². The summed E-state index contributed by atoms with van der Waals surface area (Å²) in [6.45, 7) is 4.25. The number of amides is 2. The number of ether oxygens (including phenoxy) is 2. The van der Waals surface area contributed by atoms with Crippen LogP contribution in [0.5, 0.6) is 11.5 Å². The van der Waals surface area contributed by atoms with Crippen LogP contribution in [0.1, 0.15) is 25.0 Å². The number of fused-ring (bicyclic) bond motifs is 1. The van der Waals surface area contributed by atoms with E-state index >= 15 is 0 Å². The zero-order valence-electron chi connectivity index (χ0n) is 12.7. The Kier molecular flexibility index (Phi) is 5.04. The number of hydrogen-bond acceptors (Lipinski definition) is 4. The molecule has 1 heterocycles. The van der Waals surface area contributed by atoms with Gasteiger partial charge in [-0.15, -0.1) is 0 Å². The molecule has 1 aromatic carbocycles. The predicted molar refractivity (Wildman–Crippen MR) is 82.6 cm³/mol. The van der Waals surface area contributed by atoms with Crippen molar-refractivity contribution in [1.29, 1.82) is 0 Å². The number of nitrogens with one attached hydrogen (secondary N) is 1. The minimum absolute atomic E-state index is 0.141. The van der Waals surface area contributed by atoms with Crippen molar-refractivity contribution >= 4 is 17.9 Å². The SMILES string of the molecule is CCOc1cc2c(cc1/C=C/C(=O)NCC(N)=O)O[C@@H](C)C2. The Morgan fingerprint density at radius 1 is 1.50 bits per heavy atom. The fraction of sp³-hybridized carbons (Fsp3) is 0.375. The van der Waals surface area contributed by atoms with Crippen molar-refractivity contribution in [3.8, 4) is 11.5 Å². The molecule has 1 aliphatic rings. The lowest BCUT2D eigenvalue weighted by Crippen LogP contribution is -2.32. The van der Waals surface area contributed by atoms with Gasteiger partial charge in [0.15, 0.2) is 0 Å². The molecule has 0 spiro atoms. The molecule has 22 heavy (non-hydrogen) atoms. The molecule has 0 bridgehead atoms. The minimum Gasteiger partial charge on any atom is -0.493 e. The Balaban J connectivity index is 2.17. The van der Waals surface area contributed by atoms with Crippen molar-refractivity contribution in [2.24, 2.45) is 5.73 Å². The van der Waals surface area contributed by atoms with Gasteiger partial charge in [-0.2, -0.15) is 0 Å². The summed E-state index contributed by atoms with van der Waals surface area (Å²) in [5.74, 6) is 0.541. The van der Waals surface area contributed by atoms with Crippen molar-refractivity contribution in [2.75, 3.05) is 13.2 Å². The first-order valence-electron chi connectivity index (χ1n) is 7.20. The first-order chi connectivity index (χ1) is 10.5. The number of benzene rings is 1. The third kappa shape index (κ3) is 4.00. The maximum absolute atomic E-state index is 11.6. The fourth-order valence-corrected chi connectivity index (χ4v) is 2.26. The Morgan fingerprint density at radius 2 is 2.27 bits per heavy atom. The van der Waals surface area contributed by atoms with Crippen molar-refractivity contribution in [1.82, 2.24) is 5.32 Å². The quantitative estimate of drug-likeness (QED) is 0.768. The number of carbonyl (C=O) groups is 2. The summed E-state index contributed by atoms with van der Waals surface area (Å²) in [5.41, 5.74) is 6.83.